The normalized spacial score (nSPS) is 8.12. The van der Waals surface area contributed by atoms with Crippen LogP contribution in [0, 0.1) is 0 Å². The van der Waals surface area contributed by atoms with Crippen LogP contribution in [0.5, 0.6) is 0 Å². The SMILES string of the molecule is C=C/C=C(/C)C(=C)C.CC.CCC.CCC. The Morgan fingerprint density at radius 2 is 1.19 bits per heavy atom. The number of allylic oxidation sites excluding steroid dienone is 4. The summed E-state index contributed by atoms with van der Waals surface area (Å²) < 4.78 is 0. The van der Waals surface area contributed by atoms with Crippen LogP contribution in [0.1, 0.15) is 68.2 Å². The third-order valence-electron chi connectivity index (χ3n) is 1.04. The minimum atomic E-state index is 1.10. The van der Waals surface area contributed by atoms with Crippen molar-refractivity contribution in [1.29, 1.82) is 0 Å². The zero-order valence-corrected chi connectivity index (χ0v) is 13.0. The minimum absolute atomic E-state index is 1.10. The van der Waals surface area contributed by atoms with Gasteiger partial charge in [0, 0.05) is 0 Å². The zero-order chi connectivity index (χ0) is 14.0. The van der Waals surface area contributed by atoms with E-state index in [1.54, 1.807) is 6.08 Å². The maximum absolute atomic E-state index is 3.76. The molecule has 98 valence electrons. The second-order valence-electron chi connectivity index (χ2n) is 3.28. The van der Waals surface area contributed by atoms with Gasteiger partial charge in [0.15, 0.2) is 0 Å². The molecule has 0 N–H and O–H groups in total. The summed E-state index contributed by atoms with van der Waals surface area (Å²) in [5.41, 5.74) is 2.30. The van der Waals surface area contributed by atoms with Gasteiger partial charge < -0.3 is 0 Å². The van der Waals surface area contributed by atoms with Crippen LogP contribution in [-0.4, -0.2) is 0 Å². The lowest BCUT2D eigenvalue weighted by Crippen LogP contribution is -1.72. The van der Waals surface area contributed by atoms with Crippen molar-refractivity contribution < 1.29 is 0 Å². The van der Waals surface area contributed by atoms with E-state index in [1.807, 2.05) is 33.8 Å². The second-order valence-corrected chi connectivity index (χ2v) is 3.28. The molecule has 0 saturated heterocycles. The zero-order valence-electron chi connectivity index (χ0n) is 13.0. The Balaban J connectivity index is -0.0000000752. The number of rotatable bonds is 2. The van der Waals surface area contributed by atoms with Crippen LogP contribution in [0.25, 0.3) is 0 Å². The van der Waals surface area contributed by atoms with Crippen molar-refractivity contribution in [2.24, 2.45) is 0 Å². The molecule has 0 radical (unpaired) electrons. The molecular weight excluding hydrogens is 192 g/mol. The standard InChI is InChI=1S/C8H12.2C3H8.C2H6/c1-5-6-8(4)7(2)3;2*1-3-2;1-2/h5-6H,1-2H2,3-4H3;2*3H2,1-2H3;1-2H3/b8-6-;;;. The molecular formula is C16H34. The summed E-state index contributed by atoms with van der Waals surface area (Å²) in [7, 11) is 0. The highest BCUT2D eigenvalue weighted by Crippen LogP contribution is 2.03. The third-order valence-corrected chi connectivity index (χ3v) is 1.04. The van der Waals surface area contributed by atoms with E-state index in [2.05, 4.69) is 40.9 Å². The topological polar surface area (TPSA) is 0 Å². The van der Waals surface area contributed by atoms with Gasteiger partial charge in [0.2, 0.25) is 0 Å². The van der Waals surface area contributed by atoms with Crippen LogP contribution >= 0.6 is 0 Å². The molecule has 0 atom stereocenters. The number of hydrogen-bond acceptors (Lipinski definition) is 0. The first-order valence-electron chi connectivity index (χ1n) is 6.46. The van der Waals surface area contributed by atoms with Gasteiger partial charge in [-0.1, -0.05) is 85.3 Å². The van der Waals surface area contributed by atoms with E-state index in [9.17, 15) is 0 Å². The summed E-state index contributed by atoms with van der Waals surface area (Å²) in [6.45, 7) is 23.8. The van der Waals surface area contributed by atoms with Crippen LogP contribution in [0.3, 0.4) is 0 Å². The molecule has 0 rings (SSSR count). The first kappa shape index (κ1) is 24.4. The van der Waals surface area contributed by atoms with Crippen molar-refractivity contribution in [2.75, 3.05) is 0 Å². The Bertz CT molecular complexity index is 147. The maximum Gasteiger partial charge on any atom is -0.0395 e. The van der Waals surface area contributed by atoms with Gasteiger partial charge in [0.1, 0.15) is 0 Å². The van der Waals surface area contributed by atoms with Gasteiger partial charge in [0.05, 0.1) is 0 Å². The second kappa shape index (κ2) is 29.2. The Hall–Kier alpha value is -0.780. The quantitative estimate of drug-likeness (QED) is 0.468. The van der Waals surface area contributed by atoms with Crippen molar-refractivity contribution >= 4 is 0 Å². The van der Waals surface area contributed by atoms with Crippen LogP contribution < -0.4 is 0 Å². The largest absolute Gasteiger partial charge is 0.0991 e. The average Bonchev–Trinajstić information content (AvgIpc) is 2.23. The van der Waals surface area contributed by atoms with E-state index in [4.69, 9.17) is 0 Å². The maximum atomic E-state index is 3.76. The molecule has 0 aliphatic rings. The Kier molecular flexibility index (Phi) is 44.7. The van der Waals surface area contributed by atoms with E-state index in [1.165, 1.54) is 18.4 Å². The molecule has 0 unspecified atom stereocenters. The van der Waals surface area contributed by atoms with Gasteiger partial charge in [0.25, 0.3) is 0 Å². The molecule has 0 aromatic rings. The molecule has 0 heteroatoms. The summed E-state index contributed by atoms with van der Waals surface area (Å²) in [5.74, 6) is 0. The van der Waals surface area contributed by atoms with Gasteiger partial charge in [-0.05, 0) is 19.4 Å². The lowest BCUT2D eigenvalue weighted by atomic mass is 10.1. The van der Waals surface area contributed by atoms with E-state index < -0.39 is 0 Å². The fraction of sp³-hybridized carbons (Fsp3) is 0.625. The van der Waals surface area contributed by atoms with Gasteiger partial charge >= 0.3 is 0 Å². The molecule has 0 fully saturated rings. The predicted molar refractivity (Wildman–Crippen MR) is 82.0 cm³/mol. The van der Waals surface area contributed by atoms with Crippen molar-refractivity contribution in [1.82, 2.24) is 0 Å². The molecule has 0 aliphatic heterocycles. The Morgan fingerprint density at radius 1 is 0.938 bits per heavy atom. The van der Waals surface area contributed by atoms with Gasteiger partial charge in [-0.3, -0.25) is 0 Å². The smallest absolute Gasteiger partial charge is 0.0395 e. The van der Waals surface area contributed by atoms with Crippen molar-refractivity contribution in [2.45, 2.75) is 68.2 Å². The monoisotopic (exact) mass is 226 g/mol. The minimum Gasteiger partial charge on any atom is -0.0991 e. The Labute approximate surface area is 105 Å². The summed E-state index contributed by atoms with van der Waals surface area (Å²) in [5, 5.41) is 0. The van der Waals surface area contributed by atoms with E-state index in [-0.39, 0.29) is 0 Å². The fourth-order valence-corrected chi connectivity index (χ4v) is 0.319. The summed E-state index contributed by atoms with van der Waals surface area (Å²) in [6, 6.07) is 0. The molecule has 0 aromatic heterocycles. The predicted octanol–water partition coefficient (Wildman–Crippen LogP) is 6.55. The first-order chi connectivity index (χ1) is 7.51. The first-order valence-corrected chi connectivity index (χ1v) is 6.46. The summed E-state index contributed by atoms with van der Waals surface area (Å²) >= 11 is 0. The van der Waals surface area contributed by atoms with Crippen LogP contribution in [0.2, 0.25) is 0 Å². The van der Waals surface area contributed by atoms with E-state index in [0.29, 0.717) is 0 Å². The molecule has 0 spiro atoms. The van der Waals surface area contributed by atoms with Crippen LogP contribution in [0.4, 0.5) is 0 Å². The molecule has 0 bridgehead atoms. The van der Waals surface area contributed by atoms with Crippen LogP contribution in [-0.2, 0) is 0 Å². The lowest BCUT2D eigenvalue weighted by molar-refractivity contribution is 1.09. The molecule has 16 heavy (non-hydrogen) atoms. The molecule has 0 saturated carbocycles. The van der Waals surface area contributed by atoms with Gasteiger partial charge in [-0.2, -0.15) is 0 Å². The highest BCUT2D eigenvalue weighted by molar-refractivity contribution is 5.26. The number of hydrogen-bond donors (Lipinski definition) is 0. The lowest BCUT2D eigenvalue weighted by Gasteiger charge is -1.92. The highest BCUT2D eigenvalue weighted by Gasteiger charge is 1.82. The average molecular weight is 226 g/mol. The van der Waals surface area contributed by atoms with Crippen molar-refractivity contribution in [3.63, 3.8) is 0 Å². The molecule has 0 heterocycles. The third kappa shape index (κ3) is 51.0. The van der Waals surface area contributed by atoms with E-state index >= 15 is 0 Å². The summed E-state index contributed by atoms with van der Waals surface area (Å²) in [6.07, 6.45) is 6.21. The van der Waals surface area contributed by atoms with Gasteiger partial charge in [-0.25, -0.2) is 0 Å². The summed E-state index contributed by atoms with van der Waals surface area (Å²) in [4.78, 5) is 0. The molecule has 0 nitrogen and oxygen atoms in total. The van der Waals surface area contributed by atoms with Crippen molar-refractivity contribution in [3.8, 4) is 0 Å². The Morgan fingerprint density at radius 3 is 1.25 bits per heavy atom. The molecule has 0 amide bonds. The molecule has 0 aliphatic carbocycles. The fourth-order valence-electron chi connectivity index (χ4n) is 0.319. The van der Waals surface area contributed by atoms with Crippen LogP contribution in [0.15, 0.2) is 36.5 Å². The molecule has 0 aromatic carbocycles. The van der Waals surface area contributed by atoms with E-state index in [0.717, 1.165) is 5.57 Å². The highest BCUT2D eigenvalue weighted by atomic mass is 13.9. The van der Waals surface area contributed by atoms with Gasteiger partial charge in [-0.15, -0.1) is 0 Å². The van der Waals surface area contributed by atoms with Crippen molar-refractivity contribution in [3.05, 3.63) is 36.5 Å².